The maximum Gasteiger partial charge on any atom is 0.251 e. The number of hydrogen-bond donors (Lipinski definition) is 2. The summed E-state index contributed by atoms with van der Waals surface area (Å²) in [6, 6.07) is 7.99. The van der Waals surface area contributed by atoms with E-state index in [2.05, 4.69) is 27.8 Å². The van der Waals surface area contributed by atoms with E-state index in [1.54, 1.807) is 19.6 Å². The van der Waals surface area contributed by atoms with Crippen molar-refractivity contribution in [1.82, 2.24) is 20.2 Å². The van der Waals surface area contributed by atoms with Crippen molar-refractivity contribution in [3.05, 3.63) is 53.6 Å². The van der Waals surface area contributed by atoms with Crippen molar-refractivity contribution in [1.29, 1.82) is 0 Å². The third-order valence-electron chi connectivity index (χ3n) is 4.71. The molecule has 1 unspecified atom stereocenters. The summed E-state index contributed by atoms with van der Waals surface area (Å²) in [5.41, 5.74) is 2.96. The number of rotatable bonds is 7. The second kappa shape index (κ2) is 8.78. The fraction of sp³-hybridized carbons (Fsp3) is 0.474. The SMILES string of the molecule is COCCn1cncc1CNC(=O)c1ccc(C2CCCNC2)cc1. The molecule has 1 aromatic heterocycles. The van der Waals surface area contributed by atoms with E-state index in [-0.39, 0.29) is 5.91 Å². The van der Waals surface area contributed by atoms with Crippen molar-refractivity contribution < 1.29 is 9.53 Å². The fourth-order valence-corrected chi connectivity index (χ4v) is 3.20. The van der Waals surface area contributed by atoms with Crippen molar-refractivity contribution in [3.63, 3.8) is 0 Å². The first-order valence-corrected chi connectivity index (χ1v) is 8.84. The van der Waals surface area contributed by atoms with Gasteiger partial charge in [-0.1, -0.05) is 12.1 Å². The standard InChI is InChI=1S/C19H26N4O2/c1-25-10-9-23-14-21-12-18(23)13-22-19(24)16-6-4-15(5-7-16)17-3-2-8-20-11-17/h4-7,12,14,17,20H,2-3,8-11,13H2,1H3,(H,22,24). The van der Waals surface area contributed by atoms with Crippen LogP contribution in [0.2, 0.25) is 0 Å². The van der Waals surface area contributed by atoms with E-state index in [9.17, 15) is 4.79 Å². The minimum atomic E-state index is -0.0622. The largest absolute Gasteiger partial charge is 0.383 e. The van der Waals surface area contributed by atoms with Gasteiger partial charge in [0.25, 0.3) is 5.91 Å². The van der Waals surface area contributed by atoms with Gasteiger partial charge in [0.15, 0.2) is 0 Å². The number of piperidine rings is 1. The first kappa shape index (κ1) is 17.6. The van der Waals surface area contributed by atoms with Crippen LogP contribution >= 0.6 is 0 Å². The Hall–Kier alpha value is -2.18. The number of imidazole rings is 1. The van der Waals surface area contributed by atoms with E-state index in [4.69, 9.17) is 4.74 Å². The lowest BCUT2D eigenvalue weighted by Gasteiger charge is -2.23. The number of benzene rings is 1. The average molecular weight is 342 g/mol. The van der Waals surface area contributed by atoms with Crippen molar-refractivity contribution in [2.24, 2.45) is 0 Å². The summed E-state index contributed by atoms with van der Waals surface area (Å²) in [4.78, 5) is 16.5. The summed E-state index contributed by atoms with van der Waals surface area (Å²) >= 11 is 0. The molecule has 1 fully saturated rings. The average Bonchev–Trinajstić information content (AvgIpc) is 3.12. The molecule has 3 rings (SSSR count). The number of ether oxygens (including phenoxy) is 1. The molecular formula is C19H26N4O2. The van der Waals surface area contributed by atoms with Gasteiger partial charge in [0.05, 0.1) is 25.2 Å². The number of nitrogens with zero attached hydrogens (tertiary/aromatic N) is 2. The highest BCUT2D eigenvalue weighted by Gasteiger charge is 2.15. The summed E-state index contributed by atoms with van der Waals surface area (Å²) in [5.74, 6) is 0.494. The van der Waals surface area contributed by atoms with Crippen molar-refractivity contribution in [3.8, 4) is 0 Å². The Bertz CT molecular complexity index is 675. The molecule has 1 atom stereocenters. The summed E-state index contributed by atoms with van der Waals surface area (Å²) in [5, 5.41) is 6.39. The van der Waals surface area contributed by atoms with Gasteiger partial charge in [-0.05, 0) is 43.0 Å². The monoisotopic (exact) mass is 342 g/mol. The van der Waals surface area contributed by atoms with E-state index in [1.165, 1.54) is 18.4 Å². The van der Waals surface area contributed by atoms with Crippen molar-refractivity contribution >= 4 is 5.91 Å². The summed E-state index contributed by atoms with van der Waals surface area (Å²) in [7, 11) is 1.67. The van der Waals surface area contributed by atoms with Gasteiger partial charge in [-0.3, -0.25) is 4.79 Å². The van der Waals surface area contributed by atoms with Crippen LogP contribution < -0.4 is 10.6 Å². The first-order valence-electron chi connectivity index (χ1n) is 8.84. The molecule has 0 radical (unpaired) electrons. The van der Waals surface area contributed by atoms with Gasteiger partial charge >= 0.3 is 0 Å². The van der Waals surface area contributed by atoms with E-state index in [0.717, 1.165) is 25.3 Å². The Kier molecular flexibility index (Phi) is 6.19. The van der Waals surface area contributed by atoms with Crippen molar-refractivity contribution in [2.75, 3.05) is 26.8 Å². The summed E-state index contributed by atoms with van der Waals surface area (Å²) in [6.07, 6.45) is 5.95. The molecule has 2 N–H and O–H groups in total. The Balaban J connectivity index is 1.55. The van der Waals surface area contributed by atoms with E-state index in [1.807, 2.05) is 16.7 Å². The van der Waals surface area contributed by atoms with Gasteiger partial charge in [0.2, 0.25) is 0 Å². The van der Waals surface area contributed by atoms with Crippen molar-refractivity contribution in [2.45, 2.75) is 31.8 Å². The fourth-order valence-electron chi connectivity index (χ4n) is 3.20. The molecule has 6 nitrogen and oxygen atoms in total. The quantitative estimate of drug-likeness (QED) is 0.807. The molecule has 1 saturated heterocycles. The lowest BCUT2D eigenvalue weighted by Crippen LogP contribution is -2.28. The highest BCUT2D eigenvalue weighted by molar-refractivity contribution is 5.94. The second-order valence-corrected chi connectivity index (χ2v) is 6.42. The van der Waals surface area contributed by atoms with Crippen LogP contribution in [-0.2, 0) is 17.8 Å². The highest BCUT2D eigenvalue weighted by Crippen LogP contribution is 2.23. The maximum absolute atomic E-state index is 12.4. The van der Waals surface area contributed by atoms with E-state index < -0.39 is 0 Å². The summed E-state index contributed by atoms with van der Waals surface area (Å²) in [6.45, 7) is 3.94. The minimum Gasteiger partial charge on any atom is -0.383 e. The molecule has 134 valence electrons. The molecule has 6 heteroatoms. The Morgan fingerprint density at radius 1 is 1.40 bits per heavy atom. The second-order valence-electron chi connectivity index (χ2n) is 6.42. The normalized spacial score (nSPS) is 17.4. The van der Waals surface area contributed by atoms with Gasteiger partial charge in [0.1, 0.15) is 0 Å². The van der Waals surface area contributed by atoms with E-state index in [0.29, 0.717) is 24.6 Å². The Labute approximate surface area is 148 Å². The predicted molar refractivity (Wildman–Crippen MR) is 96.6 cm³/mol. The van der Waals surface area contributed by atoms with Crippen LogP contribution in [0.15, 0.2) is 36.8 Å². The molecule has 1 aliphatic rings. The van der Waals surface area contributed by atoms with Crippen LogP contribution in [0.4, 0.5) is 0 Å². The van der Waals surface area contributed by atoms with Crippen LogP contribution in [0.3, 0.4) is 0 Å². The van der Waals surface area contributed by atoms with Crippen LogP contribution in [0.1, 0.15) is 40.4 Å². The number of carbonyl (C=O) groups is 1. The zero-order valence-corrected chi connectivity index (χ0v) is 14.7. The minimum absolute atomic E-state index is 0.0622. The number of carbonyl (C=O) groups excluding carboxylic acids is 1. The molecule has 1 aliphatic heterocycles. The van der Waals surface area contributed by atoms with Crippen LogP contribution in [0.5, 0.6) is 0 Å². The molecule has 25 heavy (non-hydrogen) atoms. The van der Waals surface area contributed by atoms with Crippen LogP contribution in [0, 0.1) is 0 Å². The van der Waals surface area contributed by atoms with Gasteiger partial charge in [-0.2, -0.15) is 0 Å². The van der Waals surface area contributed by atoms with Crippen LogP contribution in [0.25, 0.3) is 0 Å². The number of aromatic nitrogens is 2. The van der Waals surface area contributed by atoms with E-state index >= 15 is 0 Å². The Morgan fingerprint density at radius 2 is 2.24 bits per heavy atom. The van der Waals surface area contributed by atoms with Gasteiger partial charge in [0, 0.05) is 32.0 Å². The smallest absolute Gasteiger partial charge is 0.251 e. The number of hydrogen-bond acceptors (Lipinski definition) is 4. The summed E-state index contributed by atoms with van der Waals surface area (Å²) < 4.78 is 7.07. The molecule has 0 spiro atoms. The molecule has 1 aromatic carbocycles. The molecule has 0 aliphatic carbocycles. The maximum atomic E-state index is 12.4. The number of methoxy groups -OCH3 is 1. The zero-order chi connectivity index (χ0) is 17.5. The molecule has 2 heterocycles. The number of amides is 1. The zero-order valence-electron chi connectivity index (χ0n) is 14.7. The van der Waals surface area contributed by atoms with Gasteiger partial charge < -0.3 is 19.9 Å². The molecule has 0 saturated carbocycles. The third-order valence-corrected chi connectivity index (χ3v) is 4.71. The molecule has 1 amide bonds. The molecule has 0 bridgehead atoms. The number of nitrogens with one attached hydrogen (secondary N) is 2. The lowest BCUT2D eigenvalue weighted by atomic mass is 9.91. The molecular weight excluding hydrogens is 316 g/mol. The van der Waals surface area contributed by atoms with Gasteiger partial charge in [-0.15, -0.1) is 0 Å². The van der Waals surface area contributed by atoms with Crippen LogP contribution in [-0.4, -0.2) is 42.3 Å². The highest BCUT2D eigenvalue weighted by atomic mass is 16.5. The predicted octanol–water partition coefficient (Wildman–Crippen LogP) is 1.93. The third kappa shape index (κ3) is 4.67. The Morgan fingerprint density at radius 3 is 2.96 bits per heavy atom. The first-order chi connectivity index (χ1) is 12.3. The molecule has 2 aromatic rings. The lowest BCUT2D eigenvalue weighted by molar-refractivity contribution is 0.0950. The van der Waals surface area contributed by atoms with Gasteiger partial charge in [-0.25, -0.2) is 4.98 Å². The topological polar surface area (TPSA) is 68.2 Å².